The third kappa shape index (κ3) is 4.71. The Morgan fingerprint density at radius 3 is 2.95 bits per heavy atom. The van der Waals surface area contributed by atoms with Crippen LogP contribution in [0.2, 0.25) is 0 Å². The minimum atomic E-state index is -0.546. The lowest BCUT2D eigenvalue weighted by Gasteiger charge is -2.02. The van der Waals surface area contributed by atoms with Crippen LogP contribution in [0.5, 0.6) is 0 Å². The van der Waals surface area contributed by atoms with Gasteiger partial charge in [-0.2, -0.15) is 5.10 Å². The second kappa shape index (κ2) is 7.05. The first kappa shape index (κ1) is 14.6. The van der Waals surface area contributed by atoms with Gasteiger partial charge in [0.25, 0.3) is 11.6 Å². The SMILES string of the molecule is C=CCCC(C)=NNC(=O)c1cccc([N+](=O)[O-])c1. The van der Waals surface area contributed by atoms with Crippen LogP contribution in [-0.2, 0) is 0 Å². The number of nitro benzene ring substituents is 1. The van der Waals surface area contributed by atoms with Crippen molar-refractivity contribution in [3.63, 3.8) is 0 Å². The van der Waals surface area contributed by atoms with Crippen molar-refractivity contribution in [3.05, 3.63) is 52.6 Å². The lowest BCUT2D eigenvalue weighted by molar-refractivity contribution is -0.384. The largest absolute Gasteiger partial charge is 0.271 e. The summed E-state index contributed by atoms with van der Waals surface area (Å²) in [6.07, 6.45) is 3.25. The Hall–Kier alpha value is -2.50. The van der Waals surface area contributed by atoms with E-state index >= 15 is 0 Å². The molecule has 19 heavy (non-hydrogen) atoms. The van der Waals surface area contributed by atoms with Gasteiger partial charge in [0, 0.05) is 23.4 Å². The van der Waals surface area contributed by atoms with Gasteiger partial charge in [-0.15, -0.1) is 6.58 Å². The first-order valence-corrected chi connectivity index (χ1v) is 5.73. The average molecular weight is 261 g/mol. The number of hydrogen-bond acceptors (Lipinski definition) is 4. The molecule has 0 unspecified atom stereocenters. The lowest BCUT2D eigenvalue weighted by Crippen LogP contribution is -2.19. The van der Waals surface area contributed by atoms with Crippen LogP contribution in [0, 0.1) is 10.1 Å². The van der Waals surface area contributed by atoms with E-state index in [1.54, 1.807) is 13.0 Å². The number of nitrogens with zero attached hydrogens (tertiary/aromatic N) is 2. The van der Waals surface area contributed by atoms with Crippen molar-refractivity contribution in [1.29, 1.82) is 0 Å². The molecule has 0 saturated heterocycles. The molecule has 1 aromatic rings. The Morgan fingerprint density at radius 2 is 2.32 bits per heavy atom. The molecule has 6 nitrogen and oxygen atoms in total. The summed E-state index contributed by atoms with van der Waals surface area (Å²) in [6, 6.07) is 5.50. The molecular weight excluding hydrogens is 246 g/mol. The van der Waals surface area contributed by atoms with Crippen LogP contribution in [0.25, 0.3) is 0 Å². The summed E-state index contributed by atoms with van der Waals surface area (Å²) in [5.74, 6) is -0.471. The second-order valence-electron chi connectivity index (χ2n) is 3.92. The molecule has 0 heterocycles. The molecule has 100 valence electrons. The van der Waals surface area contributed by atoms with Gasteiger partial charge in [0.05, 0.1) is 4.92 Å². The maximum Gasteiger partial charge on any atom is 0.271 e. The topological polar surface area (TPSA) is 84.6 Å². The molecule has 0 aliphatic carbocycles. The summed E-state index contributed by atoms with van der Waals surface area (Å²) < 4.78 is 0. The number of nitro groups is 1. The monoisotopic (exact) mass is 261 g/mol. The van der Waals surface area contributed by atoms with E-state index in [4.69, 9.17) is 0 Å². The molecule has 0 aliphatic heterocycles. The maximum atomic E-state index is 11.7. The summed E-state index contributed by atoms with van der Waals surface area (Å²) in [5.41, 5.74) is 3.21. The molecule has 1 N–H and O–H groups in total. The molecule has 0 fully saturated rings. The summed E-state index contributed by atoms with van der Waals surface area (Å²) >= 11 is 0. The van der Waals surface area contributed by atoms with E-state index in [0.29, 0.717) is 6.42 Å². The van der Waals surface area contributed by atoms with Gasteiger partial charge in [-0.1, -0.05) is 12.1 Å². The zero-order valence-electron chi connectivity index (χ0n) is 10.6. The number of hydrogen-bond donors (Lipinski definition) is 1. The van der Waals surface area contributed by atoms with E-state index < -0.39 is 10.8 Å². The Bertz CT molecular complexity index is 524. The number of carbonyl (C=O) groups is 1. The molecule has 0 radical (unpaired) electrons. The summed E-state index contributed by atoms with van der Waals surface area (Å²) in [4.78, 5) is 21.8. The Labute approximate surface area is 111 Å². The van der Waals surface area contributed by atoms with Gasteiger partial charge in [-0.3, -0.25) is 14.9 Å². The van der Waals surface area contributed by atoms with Crippen LogP contribution >= 0.6 is 0 Å². The molecule has 1 amide bonds. The molecule has 0 aromatic heterocycles. The fourth-order valence-corrected chi connectivity index (χ4v) is 1.34. The van der Waals surface area contributed by atoms with Crippen LogP contribution in [0.3, 0.4) is 0 Å². The number of amides is 1. The van der Waals surface area contributed by atoms with Gasteiger partial charge in [0.15, 0.2) is 0 Å². The van der Waals surface area contributed by atoms with E-state index in [9.17, 15) is 14.9 Å². The quantitative estimate of drug-likeness (QED) is 0.370. The minimum Gasteiger partial charge on any atom is -0.267 e. The van der Waals surface area contributed by atoms with Gasteiger partial charge in [-0.25, -0.2) is 5.43 Å². The van der Waals surface area contributed by atoms with Crippen LogP contribution in [0.1, 0.15) is 30.1 Å². The van der Waals surface area contributed by atoms with Crippen LogP contribution in [0.15, 0.2) is 42.0 Å². The molecule has 1 rings (SSSR count). The fourth-order valence-electron chi connectivity index (χ4n) is 1.34. The highest BCUT2D eigenvalue weighted by Crippen LogP contribution is 2.12. The Balaban J connectivity index is 2.70. The number of benzene rings is 1. The highest BCUT2D eigenvalue weighted by Gasteiger charge is 2.10. The van der Waals surface area contributed by atoms with Gasteiger partial charge in [0.2, 0.25) is 0 Å². The maximum absolute atomic E-state index is 11.7. The molecule has 6 heteroatoms. The number of allylic oxidation sites excluding steroid dienone is 1. The van der Waals surface area contributed by atoms with Gasteiger partial charge >= 0.3 is 0 Å². The number of nitrogens with one attached hydrogen (secondary N) is 1. The van der Waals surface area contributed by atoms with Crippen molar-refractivity contribution in [1.82, 2.24) is 5.43 Å². The van der Waals surface area contributed by atoms with Crippen LogP contribution < -0.4 is 5.43 Å². The standard InChI is InChI=1S/C13H15N3O3/c1-3-4-6-10(2)14-15-13(17)11-7-5-8-12(9-11)16(18)19/h3,5,7-9H,1,4,6H2,2H3,(H,15,17). The van der Waals surface area contributed by atoms with Crippen LogP contribution in [0.4, 0.5) is 5.69 Å². The second-order valence-corrected chi connectivity index (χ2v) is 3.92. The molecule has 0 atom stereocenters. The normalized spacial score (nSPS) is 10.9. The van der Waals surface area contributed by atoms with E-state index in [0.717, 1.165) is 12.1 Å². The summed E-state index contributed by atoms with van der Waals surface area (Å²) in [7, 11) is 0. The molecule has 1 aromatic carbocycles. The fraction of sp³-hybridized carbons (Fsp3) is 0.231. The number of non-ortho nitro benzene ring substituents is 1. The smallest absolute Gasteiger partial charge is 0.267 e. The Morgan fingerprint density at radius 1 is 1.58 bits per heavy atom. The predicted molar refractivity (Wildman–Crippen MR) is 73.1 cm³/mol. The number of hydrazone groups is 1. The first-order chi connectivity index (χ1) is 9.04. The zero-order valence-corrected chi connectivity index (χ0v) is 10.6. The first-order valence-electron chi connectivity index (χ1n) is 5.73. The van der Waals surface area contributed by atoms with E-state index in [-0.39, 0.29) is 11.3 Å². The highest BCUT2D eigenvalue weighted by atomic mass is 16.6. The lowest BCUT2D eigenvalue weighted by atomic mass is 10.2. The molecule has 0 saturated carbocycles. The summed E-state index contributed by atoms with van der Waals surface area (Å²) in [6.45, 7) is 5.38. The minimum absolute atomic E-state index is 0.125. The van der Waals surface area contributed by atoms with E-state index in [2.05, 4.69) is 17.1 Å². The van der Waals surface area contributed by atoms with Crippen molar-refractivity contribution in [2.45, 2.75) is 19.8 Å². The molecule has 0 aliphatic rings. The van der Waals surface area contributed by atoms with Crippen molar-refractivity contribution < 1.29 is 9.72 Å². The number of carbonyl (C=O) groups excluding carboxylic acids is 1. The van der Waals surface area contributed by atoms with Crippen molar-refractivity contribution in [3.8, 4) is 0 Å². The van der Waals surface area contributed by atoms with Crippen molar-refractivity contribution in [2.24, 2.45) is 5.10 Å². The van der Waals surface area contributed by atoms with Crippen molar-refractivity contribution >= 4 is 17.3 Å². The van der Waals surface area contributed by atoms with Gasteiger partial charge in [-0.05, 0) is 25.8 Å². The van der Waals surface area contributed by atoms with E-state index in [1.165, 1.54) is 24.3 Å². The molecule has 0 bridgehead atoms. The van der Waals surface area contributed by atoms with Gasteiger partial charge < -0.3 is 0 Å². The zero-order chi connectivity index (χ0) is 14.3. The van der Waals surface area contributed by atoms with Crippen LogP contribution in [-0.4, -0.2) is 16.5 Å². The van der Waals surface area contributed by atoms with Crippen molar-refractivity contribution in [2.75, 3.05) is 0 Å². The average Bonchev–Trinajstić information content (AvgIpc) is 2.42. The predicted octanol–water partition coefficient (Wildman–Crippen LogP) is 2.67. The third-order valence-electron chi connectivity index (χ3n) is 2.38. The van der Waals surface area contributed by atoms with Gasteiger partial charge in [0.1, 0.15) is 0 Å². The number of rotatable bonds is 6. The third-order valence-corrected chi connectivity index (χ3v) is 2.38. The molecular formula is C13H15N3O3. The highest BCUT2D eigenvalue weighted by molar-refractivity contribution is 5.95. The van der Waals surface area contributed by atoms with E-state index in [1.807, 2.05) is 0 Å². The molecule has 0 spiro atoms. The Kier molecular flexibility index (Phi) is 5.40. The summed E-state index contributed by atoms with van der Waals surface area (Å²) in [5, 5.41) is 14.5.